The summed E-state index contributed by atoms with van der Waals surface area (Å²) in [5.74, 6) is -0.959. The third-order valence-electron chi connectivity index (χ3n) is 3.08. The molecule has 0 aromatic heterocycles. The lowest BCUT2D eigenvalue weighted by molar-refractivity contribution is 0.580. The Morgan fingerprint density at radius 2 is 1.52 bits per heavy atom. The molecule has 0 heterocycles. The predicted octanol–water partition coefficient (Wildman–Crippen LogP) is 3.59. The molecular weight excluding hydrogens is 418 g/mol. The van der Waals surface area contributed by atoms with E-state index in [0.717, 1.165) is 18.2 Å². The van der Waals surface area contributed by atoms with E-state index in [1.165, 1.54) is 6.07 Å². The van der Waals surface area contributed by atoms with Crippen LogP contribution in [0.3, 0.4) is 0 Å². The zero-order valence-electron chi connectivity index (χ0n) is 12.4. The molecule has 7 heteroatoms. The first kappa shape index (κ1) is 19.3. The number of guanidine groups is 1. The van der Waals surface area contributed by atoms with Crippen LogP contribution < -0.4 is 10.6 Å². The third kappa shape index (κ3) is 5.74. The molecule has 23 heavy (non-hydrogen) atoms. The second-order valence-electron chi connectivity index (χ2n) is 4.61. The minimum Gasteiger partial charge on any atom is -0.352 e. The van der Waals surface area contributed by atoms with E-state index in [4.69, 9.17) is 0 Å². The van der Waals surface area contributed by atoms with Gasteiger partial charge in [0.05, 0.1) is 0 Å². The molecule has 0 spiro atoms. The van der Waals surface area contributed by atoms with Crippen molar-refractivity contribution in [1.82, 2.24) is 10.6 Å². The molecule has 0 bridgehead atoms. The van der Waals surface area contributed by atoms with Gasteiger partial charge in [0.15, 0.2) is 5.96 Å². The van der Waals surface area contributed by atoms with Gasteiger partial charge < -0.3 is 10.6 Å². The zero-order chi connectivity index (χ0) is 15.9. The molecule has 0 unspecified atom stereocenters. The van der Waals surface area contributed by atoms with Crippen LogP contribution in [0, 0.1) is 17.5 Å². The standard InChI is InChI=1S/C16H16F3N3.HI/c1-20-16(21-9-11-4-2-3-5-14(11)18)22-10-12-8-13(17)6-7-15(12)19;/h2-8H,9-10H2,1H3,(H2,20,21,22);1H. The second-order valence-corrected chi connectivity index (χ2v) is 4.61. The quantitative estimate of drug-likeness (QED) is 0.438. The third-order valence-corrected chi connectivity index (χ3v) is 3.08. The molecule has 0 fully saturated rings. The molecule has 124 valence electrons. The van der Waals surface area contributed by atoms with Gasteiger partial charge in [-0.1, -0.05) is 18.2 Å². The maximum absolute atomic E-state index is 13.5. The van der Waals surface area contributed by atoms with Gasteiger partial charge in [0.25, 0.3) is 0 Å². The smallest absolute Gasteiger partial charge is 0.191 e. The number of nitrogens with one attached hydrogen (secondary N) is 2. The van der Waals surface area contributed by atoms with Crippen molar-refractivity contribution in [3.63, 3.8) is 0 Å². The van der Waals surface area contributed by atoms with Crippen molar-refractivity contribution in [2.24, 2.45) is 4.99 Å². The molecule has 0 saturated carbocycles. The van der Waals surface area contributed by atoms with Crippen LogP contribution in [0.1, 0.15) is 11.1 Å². The van der Waals surface area contributed by atoms with Crippen molar-refractivity contribution in [3.8, 4) is 0 Å². The van der Waals surface area contributed by atoms with Crippen molar-refractivity contribution in [3.05, 3.63) is 71.0 Å². The maximum Gasteiger partial charge on any atom is 0.191 e. The molecule has 3 nitrogen and oxygen atoms in total. The van der Waals surface area contributed by atoms with E-state index in [-0.39, 0.29) is 48.4 Å². The topological polar surface area (TPSA) is 36.4 Å². The number of nitrogens with zero attached hydrogens (tertiary/aromatic N) is 1. The molecule has 2 N–H and O–H groups in total. The van der Waals surface area contributed by atoms with Gasteiger partial charge in [0.2, 0.25) is 0 Å². The molecule has 0 atom stereocenters. The maximum atomic E-state index is 13.5. The molecule has 2 rings (SSSR count). The summed E-state index contributed by atoms with van der Waals surface area (Å²) in [4.78, 5) is 3.96. The largest absolute Gasteiger partial charge is 0.352 e. The minimum absolute atomic E-state index is 0. The first-order valence-electron chi connectivity index (χ1n) is 6.72. The fourth-order valence-electron chi connectivity index (χ4n) is 1.90. The van der Waals surface area contributed by atoms with E-state index in [9.17, 15) is 13.2 Å². The lowest BCUT2D eigenvalue weighted by atomic mass is 10.2. The SMILES string of the molecule is CN=C(NCc1ccccc1F)NCc1cc(F)ccc1F.I. The van der Waals surface area contributed by atoms with E-state index in [0.29, 0.717) is 11.5 Å². The Kier molecular flexibility index (Phi) is 7.87. The molecule has 0 amide bonds. The van der Waals surface area contributed by atoms with E-state index in [2.05, 4.69) is 15.6 Å². The highest BCUT2D eigenvalue weighted by Gasteiger charge is 2.06. The Morgan fingerprint density at radius 1 is 0.913 bits per heavy atom. The number of hydrogen-bond acceptors (Lipinski definition) is 1. The Labute approximate surface area is 150 Å². The number of hydrogen-bond donors (Lipinski definition) is 2. The molecule has 0 aliphatic heterocycles. The number of rotatable bonds is 4. The summed E-state index contributed by atoms with van der Waals surface area (Å²) >= 11 is 0. The molecule has 0 radical (unpaired) electrons. The van der Waals surface area contributed by atoms with Gasteiger partial charge in [-0.25, -0.2) is 13.2 Å². The second kappa shape index (κ2) is 9.39. The number of benzene rings is 2. The fraction of sp³-hybridized carbons (Fsp3) is 0.188. The first-order chi connectivity index (χ1) is 10.6. The Hall–Kier alpha value is -1.77. The van der Waals surface area contributed by atoms with Crippen molar-refractivity contribution >= 4 is 29.9 Å². The van der Waals surface area contributed by atoms with Gasteiger partial charge in [-0.05, 0) is 24.3 Å². The lowest BCUT2D eigenvalue weighted by Gasteiger charge is -2.12. The number of aliphatic imine (C=N–C) groups is 1. The van der Waals surface area contributed by atoms with E-state index >= 15 is 0 Å². The van der Waals surface area contributed by atoms with Crippen molar-refractivity contribution in [2.45, 2.75) is 13.1 Å². The van der Waals surface area contributed by atoms with Crippen LogP contribution in [0.5, 0.6) is 0 Å². The van der Waals surface area contributed by atoms with Gasteiger partial charge in [0, 0.05) is 31.3 Å². The van der Waals surface area contributed by atoms with E-state index < -0.39 is 11.6 Å². The summed E-state index contributed by atoms with van der Waals surface area (Å²) in [6.07, 6.45) is 0. The van der Waals surface area contributed by atoms with Crippen molar-refractivity contribution in [2.75, 3.05) is 7.05 Å². The summed E-state index contributed by atoms with van der Waals surface area (Å²) in [6.45, 7) is 0.304. The monoisotopic (exact) mass is 435 g/mol. The summed E-state index contributed by atoms with van der Waals surface area (Å²) in [5, 5.41) is 5.77. The van der Waals surface area contributed by atoms with Gasteiger partial charge in [-0.15, -0.1) is 24.0 Å². The van der Waals surface area contributed by atoms with Gasteiger partial charge in [-0.2, -0.15) is 0 Å². The Morgan fingerprint density at radius 3 is 2.17 bits per heavy atom. The van der Waals surface area contributed by atoms with Gasteiger partial charge >= 0.3 is 0 Å². The van der Waals surface area contributed by atoms with Crippen LogP contribution in [0.2, 0.25) is 0 Å². The van der Waals surface area contributed by atoms with Crippen molar-refractivity contribution < 1.29 is 13.2 Å². The van der Waals surface area contributed by atoms with Crippen LogP contribution in [0.4, 0.5) is 13.2 Å². The van der Waals surface area contributed by atoms with E-state index in [1.807, 2.05) is 0 Å². The normalized spacial score (nSPS) is 10.9. The van der Waals surface area contributed by atoms with E-state index in [1.54, 1.807) is 25.2 Å². The molecule has 2 aromatic carbocycles. The average molecular weight is 435 g/mol. The average Bonchev–Trinajstić information content (AvgIpc) is 2.52. The summed E-state index contributed by atoms with van der Waals surface area (Å²) < 4.78 is 40.1. The minimum atomic E-state index is -0.507. The van der Waals surface area contributed by atoms with Crippen LogP contribution in [-0.4, -0.2) is 13.0 Å². The number of halogens is 4. The van der Waals surface area contributed by atoms with Gasteiger partial charge in [0.1, 0.15) is 17.5 Å². The molecule has 2 aromatic rings. The molecule has 0 saturated heterocycles. The highest BCUT2D eigenvalue weighted by molar-refractivity contribution is 14.0. The van der Waals surface area contributed by atoms with Crippen molar-refractivity contribution in [1.29, 1.82) is 0 Å². The molecule has 0 aliphatic carbocycles. The van der Waals surface area contributed by atoms with Crippen LogP contribution >= 0.6 is 24.0 Å². The molecule has 0 aliphatic rings. The summed E-state index contributed by atoms with van der Waals surface area (Å²) in [7, 11) is 1.54. The summed E-state index contributed by atoms with van der Waals surface area (Å²) in [5.41, 5.74) is 0.677. The first-order valence-corrected chi connectivity index (χ1v) is 6.72. The van der Waals surface area contributed by atoms with Crippen LogP contribution in [0.15, 0.2) is 47.5 Å². The lowest BCUT2D eigenvalue weighted by Crippen LogP contribution is -2.36. The highest BCUT2D eigenvalue weighted by Crippen LogP contribution is 2.09. The van der Waals surface area contributed by atoms with Gasteiger partial charge in [-0.3, -0.25) is 4.99 Å². The predicted molar refractivity (Wildman–Crippen MR) is 95.2 cm³/mol. The highest BCUT2D eigenvalue weighted by atomic mass is 127. The zero-order valence-corrected chi connectivity index (χ0v) is 14.8. The van der Waals surface area contributed by atoms with Crippen LogP contribution in [-0.2, 0) is 13.1 Å². The Balaban J connectivity index is 0.00000264. The summed E-state index contributed by atoms with van der Waals surface area (Å²) in [6, 6.07) is 9.62. The van der Waals surface area contributed by atoms with Crippen LogP contribution in [0.25, 0.3) is 0 Å². The Bertz CT molecular complexity index is 677. The molecular formula is C16H17F3IN3. The fourth-order valence-corrected chi connectivity index (χ4v) is 1.90.